The van der Waals surface area contributed by atoms with E-state index in [0.29, 0.717) is 15.6 Å². The Morgan fingerprint density at radius 2 is 1.52 bits per heavy atom. The van der Waals surface area contributed by atoms with Gasteiger partial charge in [-0.25, -0.2) is 4.90 Å². The summed E-state index contributed by atoms with van der Waals surface area (Å²) in [4.78, 5) is 27.0. The zero-order chi connectivity index (χ0) is 20.7. The molecule has 0 unspecified atom stereocenters. The number of amides is 2. The van der Waals surface area contributed by atoms with Crippen LogP contribution in [0.2, 0.25) is 5.02 Å². The highest BCUT2D eigenvalue weighted by Gasteiger charge is 2.36. The maximum Gasteiger partial charge on any atom is 0.298 e. The van der Waals surface area contributed by atoms with E-state index in [-0.39, 0.29) is 11.1 Å². The molecule has 146 valence electrons. The Hall–Kier alpha value is -2.76. The molecule has 0 bridgehead atoms. The van der Waals surface area contributed by atoms with E-state index >= 15 is 0 Å². The van der Waals surface area contributed by atoms with Gasteiger partial charge in [0.1, 0.15) is 0 Å². The molecule has 0 spiro atoms. The number of aromatic nitrogens is 1. The summed E-state index contributed by atoms with van der Waals surface area (Å²) in [6.45, 7) is 6.10. The minimum absolute atomic E-state index is 0.309. The zero-order valence-corrected chi connectivity index (χ0v) is 17.8. The highest BCUT2D eigenvalue weighted by Crippen LogP contribution is 2.37. The summed E-state index contributed by atoms with van der Waals surface area (Å²) < 4.78 is 2.15. The van der Waals surface area contributed by atoms with Crippen molar-refractivity contribution in [3.63, 3.8) is 0 Å². The van der Waals surface area contributed by atoms with Crippen LogP contribution in [0, 0.1) is 20.8 Å². The first-order valence-corrected chi connectivity index (χ1v) is 10.3. The van der Waals surface area contributed by atoms with Crippen molar-refractivity contribution in [2.75, 3.05) is 4.90 Å². The van der Waals surface area contributed by atoms with Gasteiger partial charge in [0, 0.05) is 22.1 Å². The van der Waals surface area contributed by atoms with Crippen molar-refractivity contribution in [3.8, 4) is 5.69 Å². The second-order valence-corrected chi connectivity index (χ2v) is 8.42. The van der Waals surface area contributed by atoms with Crippen molar-refractivity contribution in [2.45, 2.75) is 20.8 Å². The number of hydrogen-bond donors (Lipinski definition) is 0. The fourth-order valence-electron chi connectivity index (χ4n) is 3.45. The molecule has 29 heavy (non-hydrogen) atoms. The van der Waals surface area contributed by atoms with E-state index in [9.17, 15) is 9.59 Å². The number of thioether (sulfide) groups is 1. The molecule has 1 aliphatic heterocycles. The normalized spacial score (nSPS) is 15.6. The number of imide groups is 1. The Bertz CT molecular complexity index is 1140. The van der Waals surface area contributed by atoms with Crippen molar-refractivity contribution in [1.29, 1.82) is 0 Å². The number of anilines is 1. The van der Waals surface area contributed by atoms with E-state index in [2.05, 4.69) is 35.8 Å². The van der Waals surface area contributed by atoms with Crippen LogP contribution >= 0.6 is 23.4 Å². The van der Waals surface area contributed by atoms with Gasteiger partial charge in [0.05, 0.1) is 10.6 Å². The summed E-state index contributed by atoms with van der Waals surface area (Å²) in [5.74, 6) is -0.317. The van der Waals surface area contributed by atoms with Crippen LogP contribution in [0.25, 0.3) is 11.8 Å². The van der Waals surface area contributed by atoms with Crippen LogP contribution in [0.15, 0.2) is 59.5 Å². The molecule has 0 aliphatic carbocycles. The van der Waals surface area contributed by atoms with Gasteiger partial charge < -0.3 is 4.57 Å². The summed E-state index contributed by atoms with van der Waals surface area (Å²) in [7, 11) is 0. The molecular weight excluding hydrogens is 404 g/mol. The van der Waals surface area contributed by atoms with Gasteiger partial charge >= 0.3 is 0 Å². The van der Waals surface area contributed by atoms with Gasteiger partial charge in [-0.1, -0.05) is 29.3 Å². The third kappa shape index (κ3) is 3.63. The monoisotopic (exact) mass is 422 g/mol. The molecule has 4 rings (SSSR count). The highest BCUT2D eigenvalue weighted by molar-refractivity contribution is 8.19. The van der Waals surface area contributed by atoms with Gasteiger partial charge in [0.2, 0.25) is 0 Å². The van der Waals surface area contributed by atoms with E-state index in [1.54, 1.807) is 30.3 Å². The quantitative estimate of drug-likeness (QED) is 0.465. The van der Waals surface area contributed by atoms with Crippen LogP contribution in [-0.2, 0) is 4.79 Å². The molecule has 2 heterocycles. The van der Waals surface area contributed by atoms with E-state index < -0.39 is 0 Å². The summed E-state index contributed by atoms with van der Waals surface area (Å²) in [5, 5.41) is 0.246. The van der Waals surface area contributed by atoms with Crippen molar-refractivity contribution in [2.24, 2.45) is 0 Å². The van der Waals surface area contributed by atoms with Crippen molar-refractivity contribution < 1.29 is 9.59 Å². The third-order valence-electron chi connectivity index (χ3n) is 4.93. The van der Waals surface area contributed by atoms with Crippen LogP contribution < -0.4 is 4.90 Å². The maximum absolute atomic E-state index is 12.9. The summed E-state index contributed by atoms with van der Waals surface area (Å²) >= 11 is 6.87. The van der Waals surface area contributed by atoms with Crippen LogP contribution in [0.1, 0.15) is 22.5 Å². The first-order valence-electron chi connectivity index (χ1n) is 9.14. The van der Waals surface area contributed by atoms with Gasteiger partial charge in [-0.15, -0.1) is 0 Å². The van der Waals surface area contributed by atoms with Crippen molar-refractivity contribution in [3.05, 3.63) is 87.0 Å². The van der Waals surface area contributed by atoms with Crippen LogP contribution in [0.4, 0.5) is 10.5 Å². The predicted octanol–water partition coefficient (Wildman–Crippen LogP) is 6.30. The Morgan fingerprint density at radius 3 is 2.17 bits per heavy atom. The first-order chi connectivity index (χ1) is 13.8. The largest absolute Gasteiger partial charge is 0.318 e. The first kappa shape index (κ1) is 19.6. The lowest BCUT2D eigenvalue weighted by atomic mass is 10.2. The number of aryl methyl sites for hydroxylation is 2. The topological polar surface area (TPSA) is 42.3 Å². The number of nitrogens with zero attached hydrogens (tertiary/aromatic N) is 2. The molecular formula is C23H19ClN2O2S. The molecule has 6 heteroatoms. The third-order valence-corrected chi connectivity index (χ3v) is 6.05. The molecule has 1 saturated heterocycles. The Labute approximate surface area is 178 Å². The van der Waals surface area contributed by atoms with Crippen molar-refractivity contribution >= 4 is 46.3 Å². The Morgan fingerprint density at radius 1 is 0.897 bits per heavy atom. The fraction of sp³-hybridized carbons (Fsp3) is 0.130. The molecule has 3 aromatic rings. The fourth-order valence-corrected chi connectivity index (χ4v) is 4.40. The molecule has 1 aromatic heterocycles. The molecule has 0 atom stereocenters. The minimum Gasteiger partial charge on any atom is -0.318 e. The molecule has 0 saturated carbocycles. The van der Waals surface area contributed by atoms with Crippen LogP contribution in [0.3, 0.4) is 0 Å². The molecule has 0 N–H and O–H groups in total. The van der Waals surface area contributed by atoms with Crippen molar-refractivity contribution in [1.82, 2.24) is 4.57 Å². The molecule has 0 radical (unpaired) electrons. The number of carbonyl (C=O) groups excluding carboxylic acids is 2. The summed E-state index contributed by atoms with van der Waals surface area (Å²) in [5.41, 5.74) is 5.79. The molecule has 2 aromatic carbocycles. The Balaban J connectivity index is 1.69. The average Bonchev–Trinajstić information content (AvgIpc) is 3.12. The van der Waals surface area contributed by atoms with E-state index in [1.165, 1.54) is 10.5 Å². The number of benzene rings is 2. The number of rotatable bonds is 3. The van der Waals surface area contributed by atoms with Gasteiger partial charge in [0.25, 0.3) is 11.1 Å². The van der Waals surface area contributed by atoms with Crippen LogP contribution in [-0.4, -0.2) is 15.7 Å². The molecule has 1 fully saturated rings. The molecule has 2 amide bonds. The van der Waals surface area contributed by atoms with Crippen LogP contribution in [0.5, 0.6) is 0 Å². The van der Waals surface area contributed by atoms with Gasteiger partial charge in [-0.05, 0) is 86.6 Å². The summed E-state index contributed by atoms with van der Waals surface area (Å²) in [6, 6.07) is 17.0. The van der Waals surface area contributed by atoms with Gasteiger partial charge in [-0.2, -0.15) is 0 Å². The lowest BCUT2D eigenvalue weighted by Gasteiger charge is -2.12. The Kier molecular flexibility index (Phi) is 5.11. The standard InChI is InChI=1S/C23H19ClN2O2S/c1-14-4-8-19(9-5-14)25-15(2)12-17(16(25)3)13-21-22(27)26(23(28)29-21)20-10-6-18(24)7-11-20/h4-13H,1-3H3/b21-13+. The lowest BCUT2D eigenvalue weighted by Crippen LogP contribution is -2.27. The SMILES string of the molecule is Cc1ccc(-n2c(C)cc(/C=C3/SC(=O)N(c4ccc(Cl)cc4)C3=O)c2C)cc1. The summed E-state index contributed by atoms with van der Waals surface area (Å²) in [6.07, 6.45) is 1.80. The smallest absolute Gasteiger partial charge is 0.298 e. The zero-order valence-electron chi connectivity index (χ0n) is 16.3. The molecule has 1 aliphatic rings. The maximum atomic E-state index is 12.9. The second-order valence-electron chi connectivity index (χ2n) is 6.99. The number of hydrogen-bond acceptors (Lipinski definition) is 3. The second kappa shape index (κ2) is 7.58. The average molecular weight is 423 g/mol. The number of carbonyl (C=O) groups is 2. The van der Waals surface area contributed by atoms with Gasteiger partial charge in [-0.3, -0.25) is 9.59 Å². The number of halogens is 1. The predicted molar refractivity (Wildman–Crippen MR) is 120 cm³/mol. The lowest BCUT2D eigenvalue weighted by molar-refractivity contribution is -0.113. The van der Waals surface area contributed by atoms with E-state index in [4.69, 9.17) is 11.6 Å². The van der Waals surface area contributed by atoms with Gasteiger partial charge in [0.15, 0.2) is 0 Å². The molecule has 4 nitrogen and oxygen atoms in total. The van der Waals surface area contributed by atoms with E-state index in [1.807, 2.05) is 19.9 Å². The minimum atomic E-state index is -0.317. The van der Waals surface area contributed by atoms with E-state index in [0.717, 1.165) is 34.4 Å². The highest BCUT2D eigenvalue weighted by atomic mass is 35.5.